The standard InChI is InChI=1S/C11H12F3N/c1-8(7-15)5-9-3-2-4-10(6-9)11(12,13)14/h2-4,6H,1,5,7,15H2. The molecule has 0 saturated carbocycles. The molecular weight excluding hydrogens is 203 g/mol. The summed E-state index contributed by atoms with van der Waals surface area (Å²) in [5.74, 6) is 0. The normalized spacial score (nSPS) is 11.5. The van der Waals surface area contributed by atoms with Gasteiger partial charge in [-0.25, -0.2) is 0 Å². The summed E-state index contributed by atoms with van der Waals surface area (Å²) >= 11 is 0. The van der Waals surface area contributed by atoms with Gasteiger partial charge in [-0.3, -0.25) is 0 Å². The first-order chi connectivity index (χ1) is 6.93. The lowest BCUT2D eigenvalue weighted by Crippen LogP contribution is -2.07. The summed E-state index contributed by atoms with van der Waals surface area (Å²) in [7, 11) is 0. The van der Waals surface area contributed by atoms with Crippen molar-refractivity contribution in [1.29, 1.82) is 0 Å². The van der Waals surface area contributed by atoms with Gasteiger partial charge in [0, 0.05) is 6.54 Å². The third kappa shape index (κ3) is 3.40. The number of benzene rings is 1. The summed E-state index contributed by atoms with van der Waals surface area (Å²) in [6, 6.07) is 5.20. The highest BCUT2D eigenvalue weighted by molar-refractivity contribution is 5.28. The molecular formula is C11H12F3N. The fourth-order valence-corrected chi connectivity index (χ4v) is 1.22. The van der Waals surface area contributed by atoms with E-state index < -0.39 is 11.7 Å². The van der Waals surface area contributed by atoms with Gasteiger partial charge in [0.25, 0.3) is 0 Å². The summed E-state index contributed by atoms with van der Waals surface area (Å²) in [5.41, 5.74) is 5.99. The van der Waals surface area contributed by atoms with Crippen LogP contribution in [0, 0.1) is 0 Å². The predicted molar refractivity (Wildman–Crippen MR) is 53.3 cm³/mol. The quantitative estimate of drug-likeness (QED) is 0.771. The second kappa shape index (κ2) is 4.49. The minimum Gasteiger partial charge on any atom is -0.327 e. The Morgan fingerprint density at radius 3 is 2.53 bits per heavy atom. The molecule has 15 heavy (non-hydrogen) atoms. The van der Waals surface area contributed by atoms with Crippen LogP contribution in [0.4, 0.5) is 13.2 Å². The van der Waals surface area contributed by atoms with Gasteiger partial charge < -0.3 is 5.73 Å². The van der Waals surface area contributed by atoms with E-state index in [-0.39, 0.29) is 6.54 Å². The average Bonchev–Trinajstić information content (AvgIpc) is 2.17. The highest BCUT2D eigenvalue weighted by Crippen LogP contribution is 2.29. The minimum atomic E-state index is -4.29. The molecule has 1 nitrogen and oxygen atoms in total. The van der Waals surface area contributed by atoms with Gasteiger partial charge in [-0.15, -0.1) is 0 Å². The third-order valence-corrected chi connectivity index (χ3v) is 2.00. The summed E-state index contributed by atoms with van der Waals surface area (Å²) < 4.78 is 37.0. The van der Waals surface area contributed by atoms with Crippen LogP contribution >= 0.6 is 0 Å². The van der Waals surface area contributed by atoms with Crippen molar-refractivity contribution in [3.8, 4) is 0 Å². The maximum Gasteiger partial charge on any atom is 0.416 e. The molecule has 0 bridgehead atoms. The van der Waals surface area contributed by atoms with E-state index in [2.05, 4.69) is 6.58 Å². The molecule has 0 aromatic heterocycles. The Morgan fingerprint density at radius 2 is 2.00 bits per heavy atom. The van der Waals surface area contributed by atoms with Gasteiger partial charge in [-0.05, 0) is 18.1 Å². The lowest BCUT2D eigenvalue weighted by atomic mass is 10.0. The van der Waals surface area contributed by atoms with Gasteiger partial charge in [0.1, 0.15) is 0 Å². The Kier molecular flexibility index (Phi) is 3.52. The van der Waals surface area contributed by atoms with Crippen molar-refractivity contribution in [2.24, 2.45) is 5.73 Å². The Morgan fingerprint density at radius 1 is 1.33 bits per heavy atom. The molecule has 0 saturated heterocycles. The van der Waals surface area contributed by atoms with Gasteiger partial charge >= 0.3 is 6.18 Å². The number of nitrogens with two attached hydrogens (primary N) is 1. The van der Waals surface area contributed by atoms with Crippen LogP contribution in [0.2, 0.25) is 0 Å². The van der Waals surface area contributed by atoms with E-state index in [4.69, 9.17) is 5.73 Å². The molecule has 82 valence electrons. The molecule has 0 amide bonds. The molecule has 0 heterocycles. The van der Waals surface area contributed by atoms with E-state index in [0.29, 0.717) is 17.6 Å². The highest BCUT2D eigenvalue weighted by atomic mass is 19.4. The smallest absolute Gasteiger partial charge is 0.327 e. The molecule has 0 unspecified atom stereocenters. The zero-order valence-corrected chi connectivity index (χ0v) is 8.14. The lowest BCUT2D eigenvalue weighted by Gasteiger charge is -2.09. The van der Waals surface area contributed by atoms with Crippen LogP contribution < -0.4 is 5.73 Å². The van der Waals surface area contributed by atoms with Crippen molar-refractivity contribution in [3.05, 3.63) is 47.5 Å². The zero-order valence-electron chi connectivity index (χ0n) is 8.14. The first-order valence-electron chi connectivity index (χ1n) is 4.46. The van der Waals surface area contributed by atoms with E-state index in [1.807, 2.05) is 0 Å². The van der Waals surface area contributed by atoms with Crippen molar-refractivity contribution in [1.82, 2.24) is 0 Å². The Bertz CT molecular complexity index is 355. The zero-order chi connectivity index (χ0) is 11.5. The first-order valence-corrected chi connectivity index (χ1v) is 4.46. The van der Waals surface area contributed by atoms with Crippen LogP contribution in [-0.2, 0) is 12.6 Å². The molecule has 0 fully saturated rings. The molecule has 4 heteroatoms. The van der Waals surface area contributed by atoms with Crippen molar-refractivity contribution >= 4 is 0 Å². The largest absolute Gasteiger partial charge is 0.416 e. The second-order valence-electron chi connectivity index (χ2n) is 3.33. The molecule has 0 aliphatic rings. The molecule has 1 aromatic carbocycles. The Balaban J connectivity index is 2.88. The summed E-state index contributed by atoms with van der Waals surface area (Å²) in [6.07, 6.45) is -3.90. The fourth-order valence-electron chi connectivity index (χ4n) is 1.22. The molecule has 1 rings (SSSR count). The molecule has 0 atom stereocenters. The van der Waals surface area contributed by atoms with E-state index >= 15 is 0 Å². The van der Waals surface area contributed by atoms with E-state index in [0.717, 1.165) is 12.1 Å². The summed E-state index contributed by atoms with van der Waals surface area (Å²) in [4.78, 5) is 0. The van der Waals surface area contributed by atoms with Crippen LogP contribution in [0.5, 0.6) is 0 Å². The second-order valence-corrected chi connectivity index (χ2v) is 3.33. The van der Waals surface area contributed by atoms with Crippen molar-refractivity contribution in [3.63, 3.8) is 0 Å². The van der Waals surface area contributed by atoms with Gasteiger partial charge in [-0.1, -0.05) is 30.4 Å². The van der Waals surface area contributed by atoms with Crippen molar-refractivity contribution < 1.29 is 13.2 Å². The molecule has 0 radical (unpaired) electrons. The van der Waals surface area contributed by atoms with Crippen LogP contribution in [0.15, 0.2) is 36.4 Å². The van der Waals surface area contributed by atoms with Crippen LogP contribution in [0.25, 0.3) is 0 Å². The average molecular weight is 215 g/mol. The minimum absolute atomic E-state index is 0.288. The number of hydrogen-bond acceptors (Lipinski definition) is 1. The number of hydrogen-bond donors (Lipinski definition) is 1. The van der Waals surface area contributed by atoms with Crippen LogP contribution in [0.1, 0.15) is 11.1 Å². The van der Waals surface area contributed by atoms with Gasteiger partial charge in [0.2, 0.25) is 0 Å². The third-order valence-electron chi connectivity index (χ3n) is 2.00. The lowest BCUT2D eigenvalue weighted by molar-refractivity contribution is -0.137. The van der Waals surface area contributed by atoms with Crippen molar-refractivity contribution in [2.75, 3.05) is 6.54 Å². The fraction of sp³-hybridized carbons (Fsp3) is 0.273. The number of alkyl halides is 3. The Labute approximate surface area is 86.4 Å². The highest BCUT2D eigenvalue weighted by Gasteiger charge is 2.30. The van der Waals surface area contributed by atoms with Gasteiger partial charge in [-0.2, -0.15) is 13.2 Å². The van der Waals surface area contributed by atoms with E-state index in [9.17, 15) is 13.2 Å². The maximum atomic E-state index is 12.3. The number of halogens is 3. The molecule has 0 aliphatic heterocycles. The van der Waals surface area contributed by atoms with Gasteiger partial charge in [0.05, 0.1) is 5.56 Å². The SMILES string of the molecule is C=C(CN)Cc1cccc(C(F)(F)F)c1. The molecule has 0 spiro atoms. The Hall–Kier alpha value is -1.29. The van der Waals surface area contributed by atoms with Gasteiger partial charge in [0.15, 0.2) is 0 Å². The van der Waals surface area contributed by atoms with Crippen LogP contribution in [-0.4, -0.2) is 6.54 Å². The topological polar surface area (TPSA) is 26.0 Å². The summed E-state index contributed by atoms with van der Waals surface area (Å²) in [6.45, 7) is 3.94. The maximum absolute atomic E-state index is 12.3. The molecule has 0 aliphatic carbocycles. The van der Waals surface area contributed by atoms with E-state index in [1.165, 1.54) is 6.07 Å². The molecule has 2 N–H and O–H groups in total. The predicted octanol–water partition coefficient (Wildman–Crippen LogP) is 2.76. The summed E-state index contributed by atoms with van der Waals surface area (Å²) in [5, 5.41) is 0. The van der Waals surface area contributed by atoms with Crippen LogP contribution in [0.3, 0.4) is 0 Å². The number of rotatable bonds is 3. The molecule has 1 aromatic rings. The van der Waals surface area contributed by atoms with Crippen molar-refractivity contribution in [2.45, 2.75) is 12.6 Å². The monoisotopic (exact) mass is 215 g/mol. The first kappa shape index (κ1) is 11.8. The van der Waals surface area contributed by atoms with E-state index in [1.54, 1.807) is 6.07 Å².